The van der Waals surface area contributed by atoms with Gasteiger partial charge in [-0.05, 0) is 77.9 Å². The Labute approximate surface area is 157 Å². The lowest BCUT2D eigenvalue weighted by atomic mass is 9.78. The van der Waals surface area contributed by atoms with Crippen LogP contribution in [0.25, 0.3) is 0 Å². The lowest BCUT2D eigenvalue weighted by Crippen LogP contribution is -2.48. The highest BCUT2D eigenvalue weighted by molar-refractivity contribution is 6.62. The lowest BCUT2D eigenvalue weighted by molar-refractivity contribution is 0.00578. The third kappa shape index (κ3) is 2.55. The number of benzene rings is 1. The highest BCUT2D eigenvalue weighted by Gasteiger charge is 2.52. The van der Waals surface area contributed by atoms with Gasteiger partial charge in [0.15, 0.2) is 5.78 Å². The third-order valence-corrected chi connectivity index (χ3v) is 6.98. The van der Waals surface area contributed by atoms with Gasteiger partial charge in [-0.25, -0.2) is 0 Å². The van der Waals surface area contributed by atoms with E-state index in [0.29, 0.717) is 5.92 Å². The summed E-state index contributed by atoms with van der Waals surface area (Å²) >= 11 is 0. The first-order valence-corrected chi connectivity index (χ1v) is 9.85. The van der Waals surface area contributed by atoms with E-state index in [0.717, 1.165) is 23.3 Å². The van der Waals surface area contributed by atoms with E-state index >= 15 is 0 Å². The van der Waals surface area contributed by atoms with Gasteiger partial charge in [-0.1, -0.05) is 12.5 Å². The zero-order valence-electron chi connectivity index (χ0n) is 16.9. The lowest BCUT2D eigenvalue weighted by Gasteiger charge is -2.38. The number of carbonyl (C=O) groups excluding carboxylic acids is 1. The SMILES string of the molecule is CC1(C)C(=O)c2ccc(B3OC(C)(C)C(C)(C)O3)cc2N1CC1CCC1. The van der Waals surface area contributed by atoms with Gasteiger partial charge in [-0.15, -0.1) is 0 Å². The quantitative estimate of drug-likeness (QED) is 0.777. The fourth-order valence-corrected chi connectivity index (χ4v) is 4.10. The predicted molar refractivity (Wildman–Crippen MR) is 105 cm³/mol. The van der Waals surface area contributed by atoms with Crippen LogP contribution >= 0.6 is 0 Å². The topological polar surface area (TPSA) is 38.8 Å². The number of nitrogens with zero attached hydrogens (tertiary/aromatic N) is 1. The van der Waals surface area contributed by atoms with Crippen molar-refractivity contribution >= 4 is 24.1 Å². The van der Waals surface area contributed by atoms with Gasteiger partial charge in [0.25, 0.3) is 0 Å². The molecule has 140 valence electrons. The van der Waals surface area contributed by atoms with E-state index < -0.39 is 12.7 Å². The van der Waals surface area contributed by atoms with E-state index in [1.165, 1.54) is 19.3 Å². The molecule has 1 aliphatic carbocycles. The minimum absolute atomic E-state index is 0.215. The molecule has 1 aromatic rings. The molecule has 4 rings (SSSR count). The van der Waals surface area contributed by atoms with Crippen molar-refractivity contribution in [1.29, 1.82) is 0 Å². The highest BCUT2D eigenvalue weighted by atomic mass is 16.7. The van der Waals surface area contributed by atoms with Crippen molar-refractivity contribution in [2.24, 2.45) is 5.92 Å². The Morgan fingerprint density at radius 2 is 1.69 bits per heavy atom. The molecular formula is C21H30BNO3. The van der Waals surface area contributed by atoms with Crippen LogP contribution in [0.5, 0.6) is 0 Å². The summed E-state index contributed by atoms with van der Waals surface area (Å²) in [5.41, 5.74) is 1.65. The van der Waals surface area contributed by atoms with E-state index in [4.69, 9.17) is 9.31 Å². The fourth-order valence-electron chi connectivity index (χ4n) is 4.10. The summed E-state index contributed by atoms with van der Waals surface area (Å²) in [5.74, 6) is 0.917. The maximum absolute atomic E-state index is 13.0. The number of Topliss-reactive ketones (excluding diaryl/α,β-unsaturated/α-hetero) is 1. The molecule has 2 heterocycles. The molecule has 0 aromatic heterocycles. The van der Waals surface area contributed by atoms with Crippen LogP contribution in [-0.2, 0) is 9.31 Å². The molecule has 2 aliphatic heterocycles. The second-order valence-electron chi connectivity index (χ2n) is 9.66. The summed E-state index contributed by atoms with van der Waals surface area (Å²) in [5, 5.41) is 0. The van der Waals surface area contributed by atoms with Gasteiger partial charge in [-0.3, -0.25) is 4.79 Å². The summed E-state index contributed by atoms with van der Waals surface area (Å²) in [4.78, 5) is 15.3. The monoisotopic (exact) mass is 355 g/mol. The first kappa shape index (κ1) is 18.1. The summed E-state index contributed by atoms with van der Waals surface area (Å²) in [6.07, 6.45) is 3.85. The van der Waals surface area contributed by atoms with Crippen LogP contribution in [0, 0.1) is 5.92 Å². The Kier molecular flexibility index (Phi) is 3.88. The molecule has 0 N–H and O–H groups in total. The average molecular weight is 355 g/mol. The fraction of sp³-hybridized carbons (Fsp3) is 0.667. The molecule has 5 heteroatoms. The van der Waals surface area contributed by atoms with Gasteiger partial charge in [0.05, 0.1) is 16.7 Å². The van der Waals surface area contributed by atoms with Crippen molar-refractivity contribution in [3.05, 3.63) is 23.8 Å². The normalized spacial score (nSPS) is 26.2. The van der Waals surface area contributed by atoms with Crippen molar-refractivity contribution in [1.82, 2.24) is 0 Å². The molecule has 3 aliphatic rings. The average Bonchev–Trinajstić information content (AvgIpc) is 2.83. The van der Waals surface area contributed by atoms with Crippen molar-refractivity contribution in [2.75, 3.05) is 11.4 Å². The molecule has 0 radical (unpaired) electrons. The van der Waals surface area contributed by atoms with Crippen molar-refractivity contribution in [3.63, 3.8) is 0 Å². The van der Waals surface area contributed by atoms with Crippen LogP contribution in [0.4, 0.5) is 5.69 Å². The van der Waals surface area contributed by atoms with Crippen LogP contribution in [0.3, 0.4) is 0 Å². The molecule has 4 nitrogen and oxygen atoms in total. The van der Waals surface area contributed by atoms with Gasteiger partial charge in [0, 0.05) is 17.8 Å². The Balaban J connectivity index is 1.68. The van der Waals surface area contributed by atoms with Gasteiger partial charge in [-0.2, -0.15) is 0 Å². The number of ketones is 1. The van der Waals surface area contributed by atoms with Crippen molar-refractivity contribution in [3.8, 4) is 0 Å². The van der Waals surface area contributed by atoms with Gasteiger partial charge < -0.3 is 14.2 Å². The molecular weight excluding hydrogens is 325 g/mol. The zero-order chi connectivity index (χ0) is 18.9. The molecule has 1 aromatic carbocycles. The number of rotatable bonds is 3. The third-order valence-electron chi connectivity index (χ3n) is 6.98. The molecule has 1 saturated carbocycles. The van der Waals surface area contributed by atoms with E-state index in [9.17, 15) is 4.79 Å². The highest BCUT2D eigenvalue weighted by Crippen LogP contribution is 2.42. The number of carbonyl (C=O) groups is 1. The van der Waals surface area contributed by atoms with Gasteiger partial charge >= 0.3 is 7.12 Å². The van der Waals surface area contributed by atoms with Crippen LogP contribution in [-0.4, -0.2) is 36.2 Å². The summed E-state index contributed by atoms with van der Waals surface area (Å²) < 4.78 is 12.4. The zero-order valence-corrected chi connectivity index (χ0v) is 16.9. The van der Waals surface area contributed by atoms with Crippen molar-refractivity contribution < 1.29 is 14.1 Å². The maximum Gasteiger partial charge on any atom is 0.494 e. The largest absolute Gasteiger partial charge is 0.494 e. The second kappa shape index (κ2) is 5.59. The number of anilines is 1. The number of hydrogen-bond donors (Lipinski definition) is 0. The molecule has 0 atom stereocenters. The molecule has 0 amide bonds. The minimum atomic E-state index is -0.480. The molecule has 0 unspecified atom stereocenters. The molecule has 0 spiro atoms. The Bertz CT molecular complexity index is 736. The predicted octanol–water partition coefficient (Wildman–Crippen LogP) is 3.57. The van der Waals surface area contributed by atoms with E-state index in [2.05, 4.69) is 38.7 Å². The first-order chi connectivity index (χ1) is 12.0. The van der Waals surface area contributed by atoms with E-state index in [-0.39, 0.29) is 17.0 Å². The molecule has 1 saturated heterocycles. The minimum Gasteiger partial charge on any atom is -0.399 e. The standard InChI is InChI=1S/C21H30BNO3/c1-19(2)18(24)16-11-10-15(22-25-20(3,4)21(5,6)26-22)12-17(16)23(19)13-14-8-7-9-14/h10-12,14H,7-9,13H2,1-6H3. The van der Waals surface area contributed by atoms with Crippen molar-refractivity contribution in [2.45, 2.75) is 77.5 Å². The number of hydrogen-bond acceptors (Lipinski definition) is 4. The summed E-state index contributed by atoms with van der Waals surface area (Å²) in [6, 6.07) is 6.06. The smallest absolute Gasteiger partial charge is 0.399 e. The summed E-state index contributed by atoms with van der Waals surface area (Å²) in [6.45, 7) is 13.3. The molecule has 26 heavy (non-hydrogen) atoms. The van der Waals surface area contributed by atoms with E-state index in [1.807, 2.05) is 26.0 Å². The Morgan fingerprint density at radius 1 is 1.08 bits per heavy atom. The van der Waals surface area contributed by atoms with E-state index in [1.54, 1.807) is 0 Å². The van der Waals surface area contributed by atoms with Gasteiger partial charge in [0.1, 0.15) is 0 Å². The Hall–Kier alpha value is -1.33. The van der Waals surface area contributed by atoms with Crippen LogP contribution in [0.1, 0.15) is 71.2 Å². The maximum atomic E-state index is 13.0. The van der Waals surface area contributed by atoms with Crippen LogP contribution < -0.4 is 10.4 Å². The summed E-state index contributed by atoms with van der Waals surface area (Å²) in [7, 11) is -0.394. The van der Waals surface area contributed by atoms with Crippen LogP contribution in [0.15, 0.2) is 18.2 Å². The Morgan fingerprint density at radius 3 is 2.23 bits per heavy atom. The molecule has 0 bridgehead atoms. The van der Waals surface area contributed by atoms with Crippen LogP contribution in [0.2, 0.25) is 0 Å². The second-order valence-corrected chi connectivity index (χ2v) is 9.66. The first-order valence-electron chi connectivity index (χ1n) is 9.85. The molecule has 2 fully saturated rings. The van der Waals surface area contributed by atoms with Gasteiger partial charge in [0.2, 0.25) is 0 Å². The number of fused-ring (bicyclic) bond motifs is 1.